The van der Waals surface area contributed by atoms with Crippen molar-refractivity contribution in [3.05, 3.63) is 100 Å². The van der Waals surface area contributed by atoms with Crippen LogP contribution >= 0.6 is 15.9 Å². The number of ether oxygens (including phenoxy) is 1. The Hall–Kier alpha value is -2.85. The highest BCUT2D eigenvalue weighted by Gasteiger charge is 2.37. The van der Waals surface area contributed by atoms with Crippen molar-refractivity contribution in [2.45, 2.75) is 18.4 Å². The minimum Gasteiger partial charge on any atom is -0.496 e. The maximum Gasteiger partial charge on any atom is 0.133 e. The van der Waals surface area contributed by atoms with Crippen molar-refractivity contribution in [3.8, 4) is 5.75 Å². The van der Waals surface area contributed by atoms with E-state index in [0.717, 1.165) is 27.9 Å². The molecule has 3 aromatic rings. The molecule has 3 aromatic carbocycles. The van der Waals surface area contributed by atoms with E-state index in [4.69, 9.17) is 4.74 Å². The quantitative estimate of drug-likeness (QED) is 0.336. The monoisotopic (exact) mass is 458 g/mol. The van der Waals surface area contributed by atoms with Crippen LogP contribution in [0.2, 0.25) is 0 Å². The lowest BCUT2D eigenvalue weighted by molar-refractivity contribution is 0.412. The molecule has 4 heteroatoms. The van der Waals surface area contributed by atoms with Gasteiger partial charge >= 0.3 is 0 Å². The lowest BCUT2D eigenvalue weighted by atomic mass is 9.77. The van der Waals surface area contributed by atoms with Gasteiger partial charge in [-0.25, -0.2) is 0 Å². The van der Waals surface area contributed by atoms with Crippen LogP contribution in [0.3, 0.4) is 0 Å². The zero-order valence-corrected chi connectivity index (χ0v) is 18.3. The molecule has 0 unspecified atom stereocenters. The predicted molar refractivity (Wildman–Crippen MR) is 127 cm³/mol. The van der Waals surface area contributed by atoms with Crippen LogP contribution in [0.1, 0.15) is 35.1 Å². The van der Waals surface area contributed by atoms with Crippen LogP contribution in [0, 0.1) is 5.92 Å². The van der Waals surface area contributed by atoms with Gasteiger partial charge in [-0.1, -0.05) is 42.5 Å². The normalized spacial score (nSPS) is 21.9. The molecule has 0 radical (unpaired) electrons. The molecule has 0 bridgehead atoms. The molecular weight excluding hydrogens is 436 g/mol. The SMILES string of the molecule is COc1ccc(C=Nc2ccc([C@@H]3Nc4ccccc4[C@H]4C=CC[C@H]43)cc2)cc1Br. The Bertz CT molecular complexity index is 1120. The number of allylic oxidation sites excluding steroid dienone is 2. The molecule has 3 nitrogen and oxygen atoms in total. The summed E-state index contributed by atoms with van der Waals surface area (Å²) >= 11 is 3.52. The van der Waals surface area contributed by atoms with Crippen molar-refractivity contribution in [2.75, 3.05) is 12.4 Å². The number of aliphatic imine (C=N–C) groups is 1. The number of nitrogens with one attached hydrogen (secondary N) is 1. The number of anilines is 1. The molecule has 1 aliphatic carbocycles. The number of hydrogen-bond acceptors (Lipinski definition) is 3. The van der Waals surface area contributed by atoms with Gasteiger partial charge in [0.1, 0.15) is 5.75 Å². The Morgan fingerprint density at radius 3 is 2.70 bits per heavy atom. The van der Waals surface area contributed by atoms with E-state index in [0.29, 0.717) is 17.9 Å². The van der Waals surface area contributed by atoms with Crippen molar-refractivity contribution in [2.24, 2.45) is 10.9 Å². The summed E-state index contributed by atoms with van der Waals surface area (Å²) in [4.78, 5) is 4.64. The molecule has 5 rings (SSSR count). The first kappa shape index (κ1) is 19.1. The topological polar surface area (TPSA) is 33.6 Å². The Kier molecular flexibility index (Phi) is 5.17. The summed E-state index contributed by atoms with van der Waals surface area (Å²) in [5.41, 5.74) is 5.95. The van der Waals surface area contributed by atoms with Gasteiger partial charge in [-0.3, -0.25) is 4.99 Å². The summed E-state index contributed by atoms with van der Waals surface area (Å²) in [5, 5.41) is 3.78. The van der Waals surface area contributed by atoms with Crippen LogP contribution < -0.4 is 10.1 Å². The number of methoxy groups -OCH3 is 1. The van der Waals surface area contributed by atoms with Crippen LogP contribution in [0.25, 0.3) is 0 Å². The van der Waals surface area contributed by atoms with E-state index >= 15 is 0 Å². The molecule has 0 spiro atoms. The van der Waals surface area contributed by atoms with Gasteiger partial charge in [0, 0.05) is 17.8 Å². The van der Waals surface area contributed by atoms with E-state index in [1.807, 2.05) is 24.4 Å². The molecule has 1 aliphatic heterocycles. The fraction of sp³-hybridized carbons (Fsp3) is 0.192. The number of rotatable bonds is 4. The van der Waals surface area contributed by atoms with E-state index in [-0.39, 0.29) is 0 Å². The molecule has 0 fully saturated rings. The number of benzene rings is 3. The molecule has 0 aromatic heterocycles. The third-order valence-corrected chi connectivity index (χ3v) is 6.68. The minimum atomic E-state index is 0.315. The van der Waals surface area contributed by atoms with Gasteiger partial charge in [0.25, 0.3) is 0 Å². The van der Waals surface area contributed by atoms with Crippen LogP contribution in [0.4, 0.5) is 11.4 Å². The maximum absolute atomic E-state index is 5.28. The molecule has 0 saturated heterocycles. The van der Waals surface area contributed by atoms with Crippen molar-refractivity contribution < 1.29 is 4.74 Å². The fourth-order valence-corrected chi connectivity index (χ4v) is 5.11. The average Bonchev–Trinajstić information content (AvgIpc) is 3.28. The summed E-state index contributed by atoms with van der Waals surface area (Å²) in [7, 11) is 1.67. The second kappa shape index (κ2) is 8.11. The Morgan fingerprint density at radius 2 is 1.90 bits per heavy atom. The molecular formula is C26H23BrN2O. The van der Waals surface area contributed by atoms with Crippen LogP contribution in [0.15, 0.2) is 88.3 Å². The first-order valence-corrected chi connectivity index (χ1v) is 11.0. The van der Waals surface area contributed by atoms with Crippen molar-refractivity contribution in [3.63, 3.8) is 0 Å². The Labute approximate surface area is 185 Å². The lowest BCUT2D eigenvalue weighted by Gasteiger charge is -2.37. The smallest absolute Gasteiger partial charge is 0.133 e. The first-order valence-electron chi connectivity index (χ1n) is 10.2. The van der Waals surface area contributed by atoms with E-state index in [9.17, 15) is 0 Å². The number of halogens is 1. The summed E-state index contributed by atoms with van der Waals surface area (Å²) in [6.45, 7) is 0. The summed E-state index contributed by atoms with van der Waals surface area (Å²) in [5.74, 6) is 1.88. The van der Waals surface area contributed by atoms with Crippen LogP contribution in [0.5, 0.6) is 5.75 Å². The lowest BCUT2D eigenvalue weighted by Crippen LogP contribution is -2.28. The highest BCUT2D eigenvalue weighted by molar-refractivity contribution is 9.10. The van der Waals surface area contributed by atoms with Crippen molar-refractivity contribution in [1.29, 1.82) is 0 Å². The average molecular weight is 459 g/mol. The largest absolute Gasteiger partial charge is 0.496 e. The van der Waals surface area contributed by atoms with Crippen molar-refractivity contribution in [1.82, 2.24) is 0 Å². The molecule has 0 saturated carbocycles. The first-order chi connectivity index (χ1) is 14.7. The zero-order valence-electron chi connectivity index (χ0n) is 16.8. The summed E-state index contributed by atoms with van der Waals surface area (Å²) in [6, 6.07) is 23.6. The zero-order chi connectivity index (χ0) is 20.5. The standard InChI is InChI=1S/C26H23BrN2O/c1-30-25-14-9-17(15-23(25)27)16-28-19-12-10-18(11-13-19)26-22-7-4-6-20(22)21-5-2-3-8-24(21)29-26/h2-6,8-16,20,22,26,29H,7H2,1H3/t20-,22-,26+/m1/s1. The van der Waals surface area contributed by atoms with E-state index < -0.39 is 0 Å². The number of para-hydroxylation sites is 1. The highest BCUT2D eigenvalue weighted by atomic mass is 79.9. The Balaban J connectivity index is 1.36. The second-order valence-corrected chi connectivity index (χ2v) is 8.66. The van der Waals surface area contributed by atoms with E-state index in [2.05, 4.69) is 86.9 Å². The molecule has 2 aliphatic rings. The maximum atomic E-state index is 5.28. The molecule has 30 heavy (non-hydrogen) atoms. The molecule has 1 N–H and O–H groups in total. The van der Waals surface area contributed by atoms with Gasteiger partial charge in [0.2, 0.25) is 0 Å². The van der Waals surface area contributed by atoms with Gasteiger partial charge in [0.15, 0.2) is 0 Å². The molecule has 1 heterocycles. The Morgan fingerprint density at radius 1 is 1.07 bits per heavy atom. The number of fused-ring (bicyclic) bond motifs is 3. The number of nitrogens with zero attached hydrogens (tertiary/aromatic N) is 1. The van der Waals surface area contributed by atoms with Crippen molar-refractivity contribution >= 4 is 33.5 Å². The molecule has 3 atom stereocenters. The van der Waals surface area contributed by atoms with Crippen LogP contribution in [-0.2, 0) is 0 Å². The molecule has 0 amide bonds. The van der Waals surface area contributed by atoms with Gasteiger partial charge in [-0.2, -0.15) is 0 Å². The number of hydrogen-bond donors (Lipinski definition) is 1. The third kappa shape index (κ3) is 3.56. The predicted octanol–water partition coefficient (Wildman–Crippen LogP) is 7.03. The van der Waals surface area contributed by atoms with E-state index in [1.54, 1.807) is 7.11 Å². The summed E-state index contributed by atoms with van der Waals surface area (Å²) < 4.78 is 6.21. The van der Waals surface area contributed by atoms with E-state index in [1.165, 1.54) is 16.8 Å². The van der Waals surface area contributed by atoms with Gasteiger partial charge < -0.3 is 10.1 Å². The molecule has 150 valence electrons. The van der Waals surface area contributed by atoms with Crippen LogP contribution in [-0.4, -0.2) is 13.3 Å². The minimum absolute atomic E-state index is 0.315. The highest BCUT2D eigenvalue weighted by Crippen LogP contribution is 2.49. The third-order valence-electron chi connectivity index (χ3n) is 6.06. The van der Waals surface area contributed by atoms with Gasteiger partial charge in [0.05, 0.1) is 23.3 Å². The second-order valence-electron chi connectivity index (χ2n) is 7.81. The fourth-order valence-electron chi connectivity index (χ4n) is 4.55. The van der Waals surface area contributed by atoms with Gasteiger partial charge in [-0.05, 0) is 81.4 Å². The summed E-state index contributed by atoms with van der Waals surface area (Å²) in [6.07, 6.45) is 7.70. The van der Waals surface area contributed by atoms with Gasteiger partial charge in [-0.15, -0.1) is 0 Å².